The lowest BCUT2D eigenvalue weighted by Gasteiger charge is -2.20. The van der Waals surface area contributed by atoms with Crippen molar-refractivity contribution in [2.24, 2.45) is 0 Å². The fourth-order valence-corrected chi connectivity index (χ4v) is 2.06. The Balaban J connectivity index is 2.27. The molecule has 0 fully saturated rings. The van der Waals surface area contributed by atoms with Gasteiger partial charge < -0.3 is 4.74 Å². The van der Waals surface area contributed by atoms with Crippen molar-refractivity contribution < 1.29 is 4.74 Å². The third kappa shape index (κ3) is 6.08. The molecule has 1 rings (SSSR count). The van der Waals surface area contributed by atoms with Crippen LogP contribution in [0.25, 0.3) is 0 Å². The normalized spacial score (nSPS) is 10.8. The van der Waals surface area contributed by atoms with E-state index < -0.39 is 0 Å². The standard InChI is InChI=1S/C14H22BrNO/c1-3-9-16(10-4-2)11-12-17-14-7-5-13(15)6-8-14/h5-8H,3-4,9-12H2,1-2H3. The molecule has 0 aromatic heterocycles. The van der Waals surface area contributed by atoms with E-state index in [1.165, 1.54) is 12.8 Å². The zero-order valence-electron chi connectivity index (χ0n) is 10.8. The highest BCUT2D eigenvalue weighted by atomic mass is 79.9. The van der Waals surface area contributed by atoms with E-state index in [0.717, 1.165) is 36.5 Å². The van der Waals surface area contributed by atoms with E-state index in [9.17, 15) is 0 Å². The van der Waals surface area contributed by atoms with E-state index in [-0.39, 0.29) is 0 Å². The minimum Gasteiger partial charge on any atom is -0.492 e. The molecule has 0 saturated carbocycles. The SMILES string of the molecule is CCCN(CCC)CCOc1ccc(Br)cc1. The predicted octanol–water partition coefficient (Wildman–Crippen LogP) is 3.95. The molecule has 0 aliphatic rings. The molecular formula is C14H22BrNO. The summed E-state index contributed by atoms with van der Waals surface area (Å²) in [6, 6.07) is 8.00. The van der Waals surface area contributed by atoms with E-state index in [0.29, 0.717) is 0 Å². The molecule has 0 heterocycles. The predicted molar refractivity (Wildman–Crippen MR) is 76.7 cm³/mol. The summed E-state index contributed by atoms with van der Waals surface area (Å²) in [6.07, 6.45) is 2.41. The van der Waals surface area contributed by atoms with Gasteiger partial charge in [-0.15, -0.1) is 0 Å². The maximum Gasteiger partial charge on any atom is 0.119 e. The smallest absolute Gasteiger partial charge is 0.119 e. The van der Waals surface area contributed by atoms with Crippen molar-refractivity contribution in [3.05, 3.63) is 28.7 Å². The van der Waals surface area contributed by atoms with Crippen LogP contribution in [0.5, 0.6) is 5.75 Å². The number of benzene rings is 1. The zero-order chi connectivity index (χ0) is 12.5. The van der Waals surface area contributed by atoms with Gasteiger partial charge in [0.2, 0.25) is 0 Å². The van der Waals surface area contributed by atoms with E-state index >= 15 is 0 Å². The van der Waals surface area contributed by atoms with Crippen molar-refractivity contribution in [1.82, 2.24) is 4.90 Å². The Morgan fingerprint density at radius 3 is 2.12 bits per heavy atom. The van der Waals surface area contributed by atoms with Crippen LogP contribution in [0, 0.1) is 0 Å². The number of hydrogen-bond acceptors (Lipinski definition) is 2. The Bertz CT molecular complexity index is 294. The maximum atomic E-state index is 5.72. The van der Waals surface area contributed by atoms with Crippen LogP contribution in [0.3, 0.4) is 0 Å². The fraction of sp³-hybridized carbons (Fsp3) is 0.571. The number of halogens is 1. The lowest BCUT2D eigenvalue weighted by Crippen LogP contribution is -2.30. The maximum absolute atomic E-state index is 5.72. The van der Waals surface area contributed by atoms with Gasteiger partial charge in [0.25, 0.3) is 0 Å². The van der Waals surface area contributed by atoms with E-state index in [2.05, 4.69) is 34.7 Å². The number of rotatable bonds is 8. The third-order valence-electron chi connectivity index (χ3n) is 2.57. The average Bonchev–Trinajstić information content (AvgIpc) is 2.32. The van der Waals surface area contributed by atoms with Crippen molar-refractivity contribution in [2.45, 2.75) is 26.7 Å². The first kappa shape index (κ1) is 14.5. The van der Waals surface area contributed by atoms with E-state index in [4.69, 9.17) is 4.74 Å². The molecule has 0 unspecified atom stereocenters. The number of ether oxygens (including phenoxy) is 1. The molecule has 0 aliphatic heterocycles. The second kappa shape index (κ2) is 8.54. The molecule has 0 amide bonds. The molecule has 0 spiro atoms. The summed E-state index contributed by atoms with van der Waals surface area (Å²) in [4.78, 5) is 2.46. The van der Waals surface area contributed by atoms with Gasteiger partial charge in [-0.2, -0.15) is 0 Å². The molecule has 3 heteroatoms. The van der Waals surface area contributed by atoms with Crippen LogP contribution >= 0.6 is 15.9 Å². The second-order valence-electron chi connectivity index (χ2n) is 4.14. The molecule has 0 bridgehead atoms. The first-order valence-electron chi connectivity index (χ1n) is 6.37. The molecule has 0 radical (unpaired) electrons. The van der Waals surface area contributed by atoms with Gasteiger partial charge in [0, 0.05) is 11.0 Å². The summed E-state index contributed by atoms with van der Waals surface area (Å²) < 4.78 is 6.81. The molecule has 0 saturated heterocycles. The van der Waals surface area contributed by atoms with Crippen LogP contribution in [0.4, 0.5) is 0 Å². The number of nitrogens with zero attached hydrogens (tertiary/aromatic N) is 1. The van der Waals surface area contributed by atoms with Gasteiger partial charge in [-0.25, -0.2) is 0 Å². The van der Waals surface area contributed by atoms with Crippen molar-refractivity contribution in [1.29, 1.82) is 0 Å². The van der Waals surface area contributed by atoms with Gasteiger partial charge in [-0.3, -0.25) is 4.90 Å². The van der Waals surface area contributed by atoms with Crippen LogP contribution < -0.4 is 4.74 Å². The summed E-state index contributed by atoms with van der Waals surface area (Å²) in [7, 11) is 0. The fourth-order valence-electron chi connectivity index (χ4n) is 1.79. The first-order chi connectivity index (χ1) is 8.26. The van der Waals surface area contributed by atoms with Crippen LogP contribution in [-0.4, -0.2) is 31.1 Å². The number of hydrogen-bond donors (Lipinski definition) is 0. The molecule has 96 valence electrons. The minimum atomic E-state index is 0.766. The van der Waals surface area contributed by atoms with Crippen LogP contribution in [0.1, 0.15) is 26.7 Å². The highest BCUT2D eigenvalue weighted by Gasteiger charge is 2.02. The Hall–Kier alpha value is -0.540. The monoisotopic (exact) mass is 299 g/mol. The lowest BCUT2D eigenvalue weighted by atomic mass is 10.3. The lowest BCUT2D eigenvalue weighted by molar-refractivity contribution is 0.209. The van der Waals surface area contributed by atoms with Crippen molar-refractivity contribution in [2.75, 3.05) is 26.2 Å². The van der Waals surface area contributed by atoms with Gasteiger partial charge in [0.15, 0.2) is 0 Å². The summed E-state index contributed by atoms with van der Waals surface area (Å²) in [5.74, 6) is 0.946. The Morgan fingerprint density at radius 2 is 1.59 bits per heavy atom. The molecule has 1 aromatic carbocycles. The zero-order valence-corrected chi connectivity index (χ0v) is 12.4. The molecular weight excluding hydrogens is 278 g/mol. The van der Waals surface area contributed by atoms with Crippen LogP contribution in [0.15, 0.2) is 28.7 Å². The van der Waals surface area contributed by atoms with Crippen LogP contribution in [0.2, 0.25) is 0 Å². The van der Waals surface area contributed by atoms with E-state index in [1.54, 1.807) is 0 Å². The van der Waals surface area contributed by atoms with Crippen molar-refractivity contribution in [3.8, 4) is 5.75 Å². The van der Waals surface area contributed by atoms with Gasteiger partial charge in [0.1, 0.15) is 12.4 Å². The second-order valence-corrected chi connectivity index (χ2v) is 5.06. The van der Waals surface area contributed by atoms with Gasteiger partial charge in [-0.1, -0.05) is 29.8 Å². The first-order valence-corrected chi connectivity index (χ1v) is 7.16. The summed E-state index contributed by atoms with van der Waals surface area (Å²) in [5, 5.41) is 0. The topological polar surface area (TPSA) is 12.5 Å². The third-order valence-corrected chi connectivity index (χ3v) is 3.10. The molecule has 0 atom stereocenters. The highest BCUT2D eigenvalue weighted by Crippen LogP contribution is 2.15. The van der Waals surface area contributed by atoms with Gasteiger partial charge in [0.05, 0.1) is 0 Å². The highest BCUT2D eigenvalue weighted by molar-refractivity contribution is 9.10. The van der Waals surface area contributed by atoms with Gasteiger partial charge in [-0.05, 0) is 50.2 Å². The van der Waals surface area contributed by atoms with Crippen molar-refractivity contribution in [3.63, 3.8) is 0 Å². The summed E-state index contributed by atoms with van der Waals surface area (Å²) in [6.45, 7) is 8.55. The largest absolute Gasteiger partial charge is 0.492 e. The molecule has 0 aliphatic carbocycles. The Kier molecular flexibility index (Phi) is 7.29. The van der Waals surface area contributed by atoms with E-state index in [1.807, 2.05) is 24.3 Å². The van der Waals surface area contributed by atoms with Crippen molar-refractivity contribution >= 4 is 15.9 Å². The Morgan fingerprint density at radius 1 is 1.00 bits per heavy atom. The average molecular weight is 300 g/mol. The molecule has 1 aromatic rings. The summed E-state index contributed by atoms with van der Waals surface area (Å²) >= 11 is 3.41. The molecule has 0 N–H and O–H groups in total. The van der Waals surface area contributed by atoms with Crippen LogP contribution in [-0.2, 0) is 0 Å². The summed E-state index contributed by atoms with van der Waals surface area (Å²) in [5.41, 5.74) is 0. The minimum absolute atomic E-state index is 0.766. The molecule has 2 nitrogen and oxygen atoms in total. The molecule has 17 heavy (non-hydrogen) atoms. The van der Waals surface area contributed by atoms with Gasteiger partial charge >= 0.3 is 0 Å². The Labute approximate surface area is 113 Å². The quantitative estimate of drug-likeness (QED) is 0.721.